The molecule has 0 spiro atoms. The molecule has 1 aliphatic heterocycles. The van der Waals surface area contributed by atoms with Gasteiger partial charge in [0.15, 0.2) is 0 Å². The van der Waals surface area contributed by atoms with Crippen molar-refractivity contribution >= 4 is 7.26 Å². The zero-order valence-corrected chi connectivity index (χ0v) is 15.8. The fourth-order valence-corrected chi connectivity index (χ4v) is 9.02. The van der Waals surface area contributed by atoms with Crippen LogP contribution in [0.1, 0.15) is 72.1 Å². The summed E-state index contributed by atoms with van der Waals surface area (Å²) in [6, 6.07) is 0. The minimum atomic E-state index is -1.21. The third-order valence-corrected chi connectivity index (χ3v) is 10.4. The molecular weight excluding hydrogens is 279 g/mol. The molecule has 1 aliphatic rings. The van der Waals surface area contributed by atoms with E-state index >= 15 is 0 Å². The summed E-state index contributed by atoms with van der Waals surface area (Å²) in [6.45, 7) is 8.59. The van der Waals surface area contributed by atoms with Crippen LogP contribution in [0.5, 0.6) is 0 Å². The van der Waals surface area contributed by atoms with E-state index in [-0.39, 0.29) is 6.29 Å². The second kappa shape index (κ2) is 11.9. The Morgan fingerprint density at radius 3 is 1.67 bits per heavy atom. The number of ether oxygens (including phenoxy) is 2. The molecule has 0 amide bonds. The summed E-state index contributed by atoms with van der Waals surface area (Å²) in [5.41, 5.74) is 0. The first kappa shape index (κ1) is 19.4. The molecule has 0 aromatic rings. The Balaban J connectivity index is 2.61. The molecule has 3 heteroatoms. The Morgan fingerprint density at radius 1 is 0.714 bits per heavy atom. The third kappa shape index (κ3) is 7.95. The average Bonchev–Trinajstić information content (AvgIpc) is 2.98. The van der Waals surface area contributed by atoms with E-state index in [2.05, 4.69) is 20.8 Å². The van der Waals surface area contributed by atoms with Crippen LogP contribution >= 0.6 is 7.26 Å². The van der Waals surface area contributed by atoms with Gasteiger partial charge in [-0.25, -0.2) is 0 Å². The molecule has 128 valence electrons. The van der Waals surface area contributed by atoms with Crippen molar-refractivity contribution in [3.8, 4) is 0 Å². The van der Waals surface area contributed by atoms with Crippen molar-refractivity contribution in [2.24, 2.45) is 0 Å². The van der Waals surface area contributed by atoms with Crippen molar-refractivity contribution in [1.82, 2.24) is 0 Å². The molecule has 1 rings (SSSR count). The molecule has 0 saturated carbocycles. The summed E-state index contributed by atoms with van der Waals surface area (Å²) < 4.78 is 11.6. The van der Waals surface area contributed by atoms with E-state index in [0.717, 1.165) is 13.2 Å². The van der Waals surface area contributed by atoms with Gasteiger partial charge in [-0.1, -0.05) is 0 Å². The Labute approximate surface area is 133 Å². The van der Waals surface area contributed by atoms with E-state index in [0.29, 0.717) is 0 Å². The van der Waals surface area contributed by atoms with Gasteiger partial charge in [0.25, 0.3) is 0 Å². The van der Waals surface area contributed by atoms with Crippen molar-refractivity contribution in [2.45, 2.75) is 78.4 Å². The summed E-state index contributed by atoms with van der Waals surface area (Å²) in [6.07, 6.45) is 17.0. The summed E-state index contributed by atoms with van der Waals surface area (Å²) in [5.74, 6) is 0. The predicted octanol–water partition coefficient (Wildman–Crippen LogP) is 5.29. The number of hydrogen-bond acceptors (Lipinski definition) is 2. The van der Waals surface area contributed by atoms with Crippen LogP contribution in [0, 0.1) is 0 Å². The van der Waals surface area contributed by atoms with Gasteiger partial charge in [-0.15, -0.1) is 0 Å². The monoisotopic (exact) mass is 318 g/mol. The number of rotatable bonds is 13. The molecule has 0 radical (unpaired) electrons. The molecule has 21 heavy (non-hydrogen) atoms. The second-order valence-corrected chi connectivity index (χ2v) is 11.8. The van der Waals surface area contributed by atoms with Crippen LogP contribution in [-0.4, -0.2) is 44.2 Å². The molecule has 0 aliphatic carbocycles. The fourth-order valence-electron chi connectivity index (χ4n) is 3.61. The molecule has 0 N–H and O–H groups in total. The first-order valence-electron chi connectivity index (χ1n) is 9.49. The first-order valence-corrected chi connectivity index (χ1v) is 12.3. The predicted molar refractivity (Wildman–Crippen MR) is 97.4 cm³/mol. The molecule has 0 aromatic carbocycles. The van der Waals surface area contributed by atoms with Crippen LogP contribution in [0.4, 0.5) is 0 Å². The number of hydrogen-bond donors (Lipinski definition) is 0. The van der Waals surface area contributed by atoms with Crippen molar-refractivity contribution in [1.29, 1.82) is 0 Å². The molecule has 0 aromatic heterocycles. The Bertz CT molecular complexity index is 229. The van der Waals surface area contributed by atoms with Crippen LogP contribution in [0.25, 0.3) is 0 Å². The van der Waals surface area contributed by atoms with Gasteiger partial charge in [-0.3, -0.25) is 0 Å². The molecule has 0 bridgehead atoms. The van der Waals surface area contributed by atoms with Crippen LogP contribution in [0.3, 0.4) is 0 Å². The molecule has 0 atom stereocenters. The zero-order chi connectivity index (χ0) is 15.4. The van der Waals surface area contributed by atoms with E-state index < -0.39 is 7.26 Å². The van der Waals surface area contributed by atoms with E-state index in [1.54, 1.807) is 0 Å². The van der Waals surface area contributed by atoms with Crippen molar-refractivity contribution in [2.75, 3.05) is 37.9 Å². The van der Waals surface area contributed by atoms with Crippen molar-refractivity contribution < 1.29 is 9.47 Å². The zero-order valence-electron chi connectivity index (χ0n) is 14.8. The maximum absolute atomic E-state index is 5.81. The Morgan fingerprint density at radius 2 is 1.19 bits per heavy atom. The standard InChI is InChI=1S/C18H39O2P/c1-4-7-10-15-21(14-9-6-3,16-11-8-5-2)17-18-19-12-13-20-18/h18,21H,4-17H2,1-3H3. The van der Waals surface area contributed by atoms with Crippen LogP contribution in [0.15, 0.2) is 0 Å². The minimum absolute atomic E-state index is 0.136. The third-order valence-electron chi connectivity index (χ3n) is 4.97. The first-order chi connectivity index (χ1) is 10.3. The molecule has 1 fully saturated rings. The van der Waals surface area contributed by atoms with Gasteiger partial charge in [0, 0.05) is 0 Å². The summed E-state index contributed by atoms with van der Waals surface area (Å²) in [7, 11) is -1.21. The van der Waals surface area contributed by atoms with Crippen molar-refractivity contribution in [3.63, 3.8) is 0 Å². The topological polar surface area (TPSA) is 18.5 Å². The van der Waals surface area contributed by atoms with Crippen LogP contribution in [-0.2, 0) is 9.47 Å². The van der Waals surface area contributed by atoms with Gasteiger partial charge in [0.1, 0.15) is 0 Å². The normalized spacial score (nSPS) is 17.5. The van der Waals surface area contributed by atoms with Crippen LogP contribution in [0.2, 0.25) is 0 Å². The van der Waals surface area contributed by atoms with Gasteiger partial charge >= 0.3 is 133 Å². The number of unbranched alkanes of at least 4 members (excludes halogenated alkanes) is 5. The van der Waals surface area contributed by atoms with E-state index in [4.69, 9.17) is 9.47 Å². The second-order valence-electron chi connectivity index (χ2n) is 6.89. The molecule has 2 nitrogen and oxygen atoms in total. The fraction of sp³-hybridized carbons (Fsp3) is 1.00. The van der Waals surface area contributed by atoms with E-state index in [9.17, 15) is 0 Å². The van der Waals surface area contributed by atoms with E-state index in [1.165, 1.54) is 76.0 Å². The summed E-state index contributed by atoms with van der Waals surface area (Å²) >= 11 is 0. The average molecular weight is 318 g/mol. The van der Waals surface area contributed by atoms with Gasteiger partial charge < -0.3 is 0 Å². The Hall–Kier alpha value is 0.350. The van der Waals surface area contributed by atoms with Gasteiger partial charge in [-0.2, -0.15) is 0 Å². The summed E-state index contributed by atoms with van der Waals surface area (Å²) in [5, 5.41) is 0. The van der Waals surface area contributed by atoms with E-state index in [1.807, 2.05) is 0 Å². The molecule has 1 saturated heterocycles. The van der Waals surface area contributed by atoms with Gasteiger partial charge in [0.2, 0.25) is 0 Å². The van der Waals surface area contributed by atoms with Gasteiger partial charge in [0.05, 0.1) is 0 Å². The summed E-state index contributed by atoms with van der Waals surface area (Å²) in [4.78, 5) is 0. The Kier molecular flexibility index (Phi) is 11.0. The maximum atomic E-state index is 5.81. The molecular formula is C18H39O2P. The van der Waals surface area contributed by atoms with Crippen molar-refractivity contribution in [3.05, 3.63) is 0 Å². The van der Waals surface area contributed by atoms with Gasteiger partial charge in [-0.05, 0) is 0 Å². The SMILES string of the molecule is CCCCC[PH](CCCC)(CCCCC)CC1OCCO1. The van der Waals surface area contributed by atoms with Crippen LogP contribution < -0.4 is 0 Å². The quantitative estimate of drug-likeness (QED) is 0.339. The molecule has 0 unspecified atom stereocenters. The molecule has 1 heterocycles.